The lowest BCUT2D eigenvalue weighted by Gasteiger charge is -2.42. The molecule has 1 aromatic heterocycles. The number of hydrogen-bond donors (Lipinski definition) is 2. The van der Waals surface area contributed by atoms with Gasteiger partial charge in [-0.1, -0.05) is 13.8 Å². The van der Waals surface area contributed by atoms with Crippen LogP contribution in [0.3, 0.4) is 0 Å². The Morgan fingerprint density at radius 2 is 2.29 bits per heavy atom. The second-order valence-electron chi connectivity index (χ2n) is 7.11. The first-order valence-electron chi connectivity index (χ1n) is 8.09. The summed E-state index contributed by atoms with van der Waals surface area (Å²) >= 11 is 0. The molecule has 2 aliphatic rings. The molecule has 2 saturated heterocycles. The first kappa shape index (κ1) is 14.6. The molecule has 2 unspecified atom stereocenters. The molecule has 5 nitrogen and oxygen atoms in total. The number of amides is 1. The molecule has 2 atom stereocenters. The number of piperidine rings is 2. The van der Waals surface area contributed by atoms with Gasteiger partial charge >= 0.3 is 0 Å². The van der Waals surface area contributed by atoms with Crippen molar-refractivity contribution in [3.63, 3.8) is 0 Å². The summed E-state index contributed by atoms with van der Waals surface area (Å²) in [6.07, 6.45) is 6.28. The maximum atomic E-state index is 12.9. The minimum Gasteiger partial charge on any atom is -0.341 e. The van der Waals surface area contributed by atoms with Gasteiger partial charge in [-0.25, -0.2) is 0 Å². The van der Waals surface area contributed by atoms with Crippen LogP contribution in [-0.2, 0) is 4.79 Å². The number of likely N-dealkylation sites (tertiary alicyclic amines) is 1. The third kappa shape index (κ3) is 2.98. The van der Waals surface area contributed by atoms with Crippen LogP contribution in [0.15, 0.2) is 12.3 Å². The van der Waals surface area contributed by atoms with Crippen LogP contribution in [-0.4, -0.2) is 46.7 Å². The normalized spacial score (nSPS) is 29.3. The first-order valence-corrected chi connectivity index (χ1v) is 8.09. The Hall–Kier alpha value is -1.36. The summed E-state index contributed by atoms with van der Waals surface area (Å²) in [5, 5.41) is 10.5. The molecule has 0 spiro atoms. The molecule has 2 aliphatic heterocycles. The van der Waals surface area contributed by atoms with E-state index in [4.69, 9.17) is 0 Å². The van der Waals surface area contributed by atoms with Crippen molar-refractivity contribution in [2.45, 2.75) is 51.5 Å². The van der Waals surface area contributed by atoms with Gasteiger partial charge < -0.3 is 10.2 Å². The SMILES string of the molecule is CC1(C)CCCNC1C(=O)N1CCCC(c2ccn[nH]2)C1. The fraction of sp³-hybridized carbons (Fsp3) is 0.750. The van der Waals surface area contributed by atoms with Crippen molar-refractivity contribution < 1.29 is 4.79 Å². The van der Waals surface area contributed by atoms with E-state index in [1.54, 1.807) is 6.20 Å². The molecule has 0 saturated carbocycles. The Balaban J connectivity index is 1.69. The van der Waals surface area contributed by atoms with Crippen LogP contribution >= 0.6 is 0 Å². The van der Waals surface area contributed by atoms with Gasteiger partial charge in [-0.3, -0.25) is 9.89 Å². The lowest BCUT2D eigenvalue weighted by Crippen LogP contribution is -2.57. The fourth-order valence-electron chi connectivity index (χ4n) is 3.74. The first-order chi connectivity index (χ1) is 10.1. The monoisotopic (exact) mass is 290 g/mol. The van der Waals surface area contributed by atoms with Gasteiger partial charge in [0.05, 0.1) is 6.04 Å². The fourth-order valence-corrected chi connectivity index (χ4v) is 3.74. The van der Waals surface area contributed by atoms with Gasteiger partial charge in [0.1, 0.15) is 0 Å². The summed E-state index contributed by atoms with van der Waals surface area (Å²) < 4.78 is 0. The zero-order chi connectivity index (χ0) is 14.9. The van der Waals surface area contributed by atoms with Crippen LogP contribution in [0.1, 0.15) is 51.1 Å². The second-order valence-corrected chi connectivity index (χ2v) is 7.11. The van der Waals surface area contributed by atoms with Gasteiger partial charge in [0.15, 0.2) is 0 Å². The molecule has 3 rings (SSSR count). The van der Waals surface area contributed by atoms with Crippen molar-refractivity contribution in [1.29, 1.82) is 0 Å². The van der Waals surface area contributed by atoms with Crippen molar-refractivity contribution in [2.75, 3.05) is 19.6 Å². The predicted octanol–water partition coefficient (Wildman–Crippen LogP) is 1.89. The minimum atomic E-state index is -0.0354. The van der Waals surface area contributed by atoms with Crippen LogP contribution in [0.2, 0.25) is 0 Å². The molecule has 0 aliphatic carbocycles. The second kappa shape index (κ2) is 5.79. The molecule has 3 heterocycles. The number of rotatable bonds is 2. The molecule has 2 fully saturated rings. The third-order valence-corrected chi connectivity index (χ3v) is 5.07. The van der Waals surface area contributed by atoms with E-state index in [2.05, 4.69) is 34.3 Å². The van der Waals surface area contributed by atoms with Gasteiger partial charge in [0, 0.05) is 30.9 Å². The van der Waals surface area contributed by atoms with Crippen molar-refractivity contribution >= 4 is 5.91 Å². The number of carbonyl (C=O) groups is 1. The summed E-state index contributed by atoms with van der Waals surface area (Å²) in [6, 6.07) is 1.99. The van der Waals surface area contributed by atoms with Gasteiger partial charge in [-0.15, -0.1) is 0 Å². The van der Waals surface area contributed by atoms with Gasteiger partial charge in [-0.2, -0.15) is 5.10 Å². The maximum absolute atomic E-state index is 12.9. The van der Waals surface area contributed by atoms with Crippen LogP contribution in [0.4, 0.5) is 0 Å². The van der Waals surface area contributed by atoms with Crippen LogP contribution in [0.25, 0.3) is 0 Å². The van der Waals surface area contributed by atoms with E-state index in [-0.39, 0.29) is 17.4 Å². The summed E-state index contributed by atoms with van der Waals surface area (Å²) in [7, 11) is 0. The van der Waals surface area contributed by atoms with Crippen LogP contribution in [0.5, 0.6) is 0 Å². The molecule has 116 valence electrons. The minimum absolute atomic E-state index is 0.0354. The van der Waals surface area contributed by atoms with E-state index in [0.29, 0.717) is 5.92 Å². The average Bonchev–Trinajstić information content (AvgIpc) is 3.00. The van der Waals surface area contributed by atoms with E-state index in [9.17, 15) is 4.79 Å². The van der Waals surface area contributed by atoms with Crippen LogP contribution in [0, 0.1) is 5.41 Å². The van der Waals surface area contributed by atoms with E-state index < -0.39 is 0 Å². The van der Waals surface area contributed by atoms with E-state index in [1.807, 2.05) is 6.07 Å². The summed E-state index contributed by atoms with van der Waals surface area (Å²) in [5.74, 6) is 0.681. The number of H-pyrrole nitrogens is 1. The standard InChI is InChI=1S/C16H26N4O/c1-16(2)7-4-8-17-14(16)15(21)20-10-3-5-12(11-20)13-6-9-18-19-13/h6,9,12,14,17H,3-5,7-8,10-11H2,1-2H3,(H,18,19). The Bertz CT molecular complexity index is 482. The molecule has 5 heteroatoms. The molecule has 0 radical (unpaired) electrons. The molecule has 1 amide bonds. The number of hydrogen-bond acceptors (Lipinski definition) is 3. The number of carbonyl (C=O) groups excluding carboxylic acids is 1. The summed E-state index contributed by atoms with van der Waals surface area (Å²) in [6.45, 7) is 7.07. The number of nitrogens with one attached hydrogen (secondary N) is 2. The van der Waals surface area contributed by atoms with E-state index >= 15 is 0 Å². The van der Waals surface area contributed by atoms with Crippen molar-refractivity contribution in [2.24, 2.45) is 5.41 Å². The highest BCUT2D eigenvalue weighted by Gasteiger charge is 2.40. The van der Waals surface area contributed by atoms with E-state index in [1.165, 1.54) is 0 Å². The highest BCUT2D eigenvalue weighted by Crippen LogP contribution is 2.33. The Morgan fingerprint density at radius 1 is 1.43 bits per heavy atom. The van der Waals surface area contributed by atoms with Crippen molar-refractivity contribution in [3.05, 3.63) is 18.0 Å². The summed E-state index contributed by atoms with van der Waals surface area (Å²) in [5.41, 5.74) is 1.21. The molecular formula is C16H26N4O. The van der Waals surface area contributed by atoms with E-state index in [0.717, 1.165) is 51.0 Å². The molecule has 1 aromatic rings. The predicted molar refractivity (Wildman–Crippen MR) is 81.9 cm³/mol. The van der Waals surface area contributed by atoms with Gasteiger partial charge in [-0.05, 0) is 43.7 Å². The Morgan fingerprint density at radius 3 is 3.00 bits per heavy atom. The molecule has 0 aromatic carbocycles. The topological polar surface area (TPSA) is 61.0 Å². The summed E-state index contributed by atoms with van der Waals surface area (Å²) in [4.78, 5) is 15.0. The Kier molecular flexibility index (Phi) is 4.02. The molecule has 21 heavy (non-hydrogen) atoms. The largest absolute Gasteiger partial charge is 0.341 e. The lowest BCUT2D eigenvalue weighted by atomic mass is 9.76. The zero-order valence-electron chi connectivity index (χ0n) is 13.1. The quantitative estimate of drug-likeness (QED) is 0.874. The maximum Gasteiger partial charge on any atom is 0.240 e. The molecule has 2 N–H and O–H groups in total. The van der Waals surface area contributed by atoms with Crippen LogP contribution < -0.4 is 5.32 Å². The molecule has 0 bridgehead atoms. The van der Waals surface area contributed by atoms with Crippen molar-refractivity contribution in [3.8, 4) is 0 Å². The zero-order valence-corrected chi connectivity index (χ0v) is 13.1. The average molecular weight is 290 g/mol. The highest BCUT2D eigenvalue weighted by molar-refractivity contribution is 5.83. The number of nitrogens with zero attached hydrogens (tertiary/aromatic N) is 2. The number of aromatic nitrogens is 2. The van der Waals surface area contributed by atoms with Crippen molar-refractivity contribution in [1.82, 2.24) is 20.4 Å². The smallest absolute Gasteiger partial charge is 0.240 e. The Labute approximate surface area is 126 Å². The number of aromatic amines is 1. The molecular weight excluding hydrogens is 264 g/mol. The highest BCUT2D eigenvalue weighted by atomic mass is 16.2. The van der Waals surface area contributed by atoms with Gasteiger partial charge in [0.25, 0.3) is 0 Å². The van der Waals surface area contributed by atoms with Gasteiger partial charge in [0.2, 0.25) is 5.91 Å². The lowest BCUT2D eigenvalue weighted by molar-refractivity contribution is -0.138. The third-order valence-electron chi connectivity index (χ3n) is 5.07.